The van der Waals surface area contributed by atoms with E-state index in [2.05, 4.69) is 20.3 Å². The summed E-state index contributed by atoms with van der Waals surface area (Å²) in [6, 6.07) is 3.79. The van der Waals surface area contributed by atoms with E-state index in [4.69, 9.17) is 10.7 Å². The number of carbonyl (C=O) groups excluding carboxylic acids is 1. The Bertz CT molecular complexity index is 1530. The minimum Gasteiger partial charge on any atom is -0.505 e. The number of aromatic hydroxyl groups is 1. The fourth-order valence-corrected chi connectivity index (χ4v) is 5.71. The van der Waals surface area contributed by atoms with Crippen molar-refractivity contribution in [3.05, 3.63) is 59.4 Å². The lowest BCUT2D eigenvalue weighted by atomic mass is 9.77. The molecule has 4 heterocycles. The van der Waals surface area contributed by atoms with E-state index in [1.165, 1.54) is 44.2 Å². The molecule has 1 aromatic carbocycles. The van der Waals surface area contributed by atoms with E-state index in [1.54, 1.807) is 13.1 Å². The van der Waals surface area contributed by atoms with Crippen LogP contribution in [-0.2, 0) is 16.6 Å². The Balaban J connectivity index is 1.39. The number of hydrogen-bond donors (Lipinski definition) is 3. The van der Waals surface area contributed by atoms with Crippen molar-refractivity contribution in [3.63, 3.8) is 0 Å². The van der Waals surface area contributed by atoms with Crippen molar-refractivity contribution in [1.82, 2.24) is 24.3 Å². The topological polar surface area (TPSA) is 131 Å². The first-order chi connectivity index (χ1) is 17.8. The van der Waals surface area contributed by atoms with Crippen molar-refractivity contribution in [2.45, 2.75) is 57.3 Å². The third kappa shape index (κ3) is 3.87. The molecule has 1 saturated carbocycles. The van der Waals surface area contributed by atoms with Gasteiger partial charge in [0.1, 0.15) is 22.7 Å². The summed E-state index contributed by atoms with van der Waals surface area (Å²) in [4.78, 5) is 31.7. The van der Waals surface area contributed by atoms with Gasteiger partial charge in [0.05, 0.1) is 11.3 Å². The number of carbonyl (C=O) groups is 1. The molecule has 2 aliphatic rings. The number of rotatable bonds is 5. The number of fused-ring (bicyclic) bond motifs is 2. The van der Waals surface area contributed by atoms with Gasteiger partial charge in [0.15, 0.2) is 23.0 Å². The lowest BCUT2D eigenvalue weighted by molar-refractivity contribution is -0.119. The molecule has 0 saturated heterocycles. The van der Waals surface area contributed by atoms with Crippen LogP contribution in [0.2, 0.25) is 0 Å². The number of nitrogens with one attached hydrogen (secondary N) is 1. The molecular weight excluding hydrogens is 473 g/mol. The Morgan fingerprint density at radius 1 is 1.22 bits per heavy atom. The molecule has 37 heavy (non-hydrogen) atoms. The summed E-state index contributed by atoms with van der Waals surface area (Å²) in [7, 11) is 0. The zero-order valence-corrected chi connectivity index (χ0v) is 20.5. The predicted octanol–water partition coefficient (Wildman–Crippen LogP) is 4.38. The molecule has 9 nitrogen and oxygen atoms in total. The summed E-state index contributed by atoms with van der Waals surface area (Å²) in [5, 5.41) is 12.7. The molecule has 0 bridgehead atoms. The largest absolute Gasteiger partial charge is 0.505 e. The molecule has 1 atom stereocenters. The summed E-state index contributed by atoms with van der Waals surface area (Å²) in [5.74, 6) is -0.327. The Morgan fingerprint density at radius 3 is 2.81 bits per heavy atom. The summed E-state index contributed by atoms with van der Waals surface area (Å²) >= 11 is 0. The maximum atomic E-state index is 13.7. The third-order valence-electron chi connectivity index (χ3n) is 7.83. The van der Waals surface area contributed by atoms with Crippen LogP contribution in [0.5, 0.6) is 5.75 Å². The van der Waals surface area contributed by atoms with E-state index >= 15 is 0 Å². The number of halogens is 1. The maximum Gasteiger partial charge on any atom is 0.240 e. The van der Waals surface area contributed by atoms with E-state index in [9.17, 15) is 14.3 Å². The van der Waals surface area contributed by atoms with Crippen molar-refractivity contribution in [3.8, 4) is 17.3 Å². The quantitative estimate of drug-likeness (QED) is 0.370. The van der Waals surface area contributed by atoms with E-state index < -0.39 is 22.9 Å². The zero-order chi connectivity index (χ0) is 25.7. The van der Waals surface area contributed by atoms with Crippen LogP contribution in [0.25, 0.3) is 17.2 Å². The van der Waals surface area contributed by atoms with Gasteiger partial charge in [-0.3, -0.25) is 4.79 Å². The summed E-state index contributed by atoms with van der Waals surface area (Å²) in [6.07, 6.45) is 13.7. The number of nitrogen functional groups attached to an aromatic ring is 1. The van der Waals surface area contributed by atoms with Gasteiger partial charge in [0.25, 0.3) is 0 Å². The molecule has 6 rings (SSSR count). The lowest BCUT2D eigenvalue weighted by Gasteiger charge is -2.23. The fourth-order valence-electron chi connectivity index (χ4n) is 5.71. The monoisotopic (exact) mass is 501 g/mol. The highest BCUT2D eigenvalue weighted by molar-refractivity contribution is 6.09. The Morgan fingerprint density at radius 2 is 2.03 bits per heavy atom. The number of aryl methyl sites for hydroxylation is 1. The highest BCUT2D eigenvalue weighted by Gasteiger charge is 2.48. The van der Waals surface area contributed by atoms with Crippen molar-refractivity contribution in [2.24, 2.45) is 5.92 Å². The van der Waals surface area contributed by atoms with Gasteiger partial charge in [-0.15, -0.1) is 0 Å². The number of aromatic nitrogens is 5. The predicted molar refractivity (Wildman–Crippen MR) is 136 cm³/mol. The molecule has 4 aromatic rings. The minimum absolute atomic E-state index is 0.112. The van der Waals surface area contributed by atoms with Crippen LogP contribution in [0.3, 0.4) is 0 Å². The molecular formula is C27H28FN7O2. The van der Waals surface area contributed by atoms with Gasteiger partial charge in [-0.2, -0.15) is 0 Å². The average Bonchev–Trinajstić information content (AvgIpc) is 3.47. The van der Waals surface area contributed by atoms with Gasteiger partial charge in [-0.25, -0.2) is 24.3 Å². The van der Waals surface area contributed by atoms with Crippen molar-refractivity contribution >= 4 is 23.2 Å². The van der Waals surface area contributed by atoms with Crippen molar-refractivity contribution in [1.29, 1.82) is 0 Å². The first-order valence-corrected chi connectivity index (χ1v) is 12.7. The average molecular weight is 502 g/mol. The number of benzene rings is 1. The first kappa shape index (κ1) is 23.3. The highest BCUT2D eigenvalue weighted by Crippen LogP contribution is 2.45. The summed E-state index contributed by atoms with van der Waals surface area (Å²) in [5.41, 5.74) is 8.10. The molecule has 0 radical (unpaired) electrons. The van der Waals surface area contributed by atoms with Gasteiger partial charge < -0.3 is 20.6 Å². The van der Waals surface area contributed by atoms with Crippen LogP contribution in [0.1, 0.15) is 62.3 Å². The van der Waals surface area contributed by atoms with E-state index in [0.717, 1.165) is 30.2 Å². The molecule has 4 N–H and O–H groups in total. The number of anilines is 2. The number of nitrogens with two attached hydrogens (primary N) is 1. The Labute approximate surface area is 213 Å². The van der Waals surface area contributed by atoms with Gasteiger partial charge in [-0.05, 0) is 43.4 Å². The van der Waals surface area contributed by atoms with E-state index in [-0.39, 0.29) is 17.5 Å². The van der Waals surface area contributed by atoms with E-state index in [0.29, 0.717) is 22.7 Å². The normalized spacial score (nSPS) is 19.8. The molecule has 1 amide bonds. The van der Waals surface area contributed by atoms with Crippen LogP contribution in [-0.4, -0.2) is 35.4 Å². The van der Waals surface area contributed by atoms with Crippen LogP contribution < -0.4 is 11.1 Å². The maximum absolute atomic E-state index is 13.7. The standard InChI is InChI=1S/C27H28FN7O2/c1-27(16-8-9-17(28)20(36)13-16)21-22(29)32-23(33-24(21)34-26(27)37)19-14-35-12-11-30-25(35)18(31-19)10-7-15-5-3-2-4-6-15/h8-9,11-15,36H,2-7,10H2,1H3,(H3,29,32,33,34,37)/t27-/m1/s1. The molecule has 190 valence electrons. The Kier molecular flexibility index (Phi) is 5.54. The molecule has 0 unspecified atom stereocenters. The number of amides is 1. The second kappa shape index (κ2) is 8.79. The van der Waals surface area contributed by atoms with Crippen LogP contribution >= 0.6 is 0 Å². The fraction of sp³-hybridized carbons (Fsp3) is 0.370. The molecule has 1 aliphatic carbocycles. The number of nitrogens with zero attached hydrogens (tertiary/aromatic N) is 5. The highest BCUT2D eigenvalue weighted by atomic mass is 19.1. The van der Waals surface area contributed by atoms with Gasteiger partial charge in [0.2, 0.25) is 5.91 Å². The first-order valence-electron chi connectivity index (χ1n) is 12.7. The van der Waals surface area contributed by atoms with Crippen LogP contribution in [0.15, 0.2) is 36.8 Å². The molecule has 3 aromatic heterocycles. The Hall–Kier alpha value is -4.08. The molecule has 1 aliphatic heterocycles. The second-order valence-corrected chi connectivity index (χ2v) is 10.2. The summed E-state index contributed by atoms with van der Waals surface area (Å²) < 4.78 is 15.6. The second-order valence-electron chi connectivity index (χ2n) is 10.2. The molecule has 10 heteroatoms. The molecule has 0 spiro atoms. The van der Waals surface area contributed by atoms with Gasteiger partial charge in [-0.1, -0.05) is 38.2 Å². The van der Waals surface area contributed by atoms with Crippen LogP contribution in [0.4, 0.5) is 16.0 Å². The number of phenolic OH excluding ortho intramolecular Hbond substituents is 1. The van der Waals surface area contributed by atoms with E-state index in [1.807, 2.05) is 16.8 Å². The minimum atomic E-state index is -1.30. The number of hydrogen-bond acceptors (Lipinski definition) is 7. The number of phenols is 1. The lowest BCUT2D eigenvalue weighted by Crippen LogP contribution is -2.33. The summed E-state index contributed by atoms with van der Waals surface area (Å²) in [6.45, 7) is 1.65. The van der Waals surface area contributed by atoms with Crippen molar-refractivity contribution < 1.29 is 14.3 Å². The smallest absolute Gasteiger partial charge is 0.240 e. The van der Waals surface area contributed by atoms with Crippen LogP contribution in [0, 0.1) is 11.7 Å². The van der Waals surface area contributed by atoms with Crippen molar-refractivity contribution in [2.75, 3.05) is 11.1 Å². The van der Waals surface area contributed by atoms with Gasteiger partial charge >= 0.3 is 0 Å². The number of imidazole rings is 1. The molecule has 1 fully saturated rings. The SMILES string of the molecule is C[C@]1(c2ccc(F)c(O)c2)C(=O)Nc2nc(-c3cn4ccnc4c(CCC4CCCCC4)n3)nc(N)c21. The third-order valence-corrected chi connectivity index (χ3v) is 7.83. The zero-order valence-electron chi connectivity index (χ0n) is 20.5. The van der Waals surface area contributed by atoms with Gasteiger partial charge in [0, 0.05) is 18.6 Å².